The van der Waals surface area contributed by atoms with Crippen LogP contribution in [0.4, 0.5) is 0 Å². The molecule has 15 heavy (non-hydrogen) atoms. The highest BCUT2D eigenvalue weighted by Gasteiger charge is 2.10. The topological polar surface area (TPSA) is 60.7 Å². The Morgan fingerprint density at radius 3 is 2.53 bits per heavy atom. The quantitative estimate of drug-likeness (QED) is 0.657. The molecule has 3 N–H and O–H groups in total. The summed E-state index contributed by atoms with van der Waals surface area (Å²) in [7, 11) is 0. The molecule has 0 saturated heterocycles. The first-order chi connectivity index (χ1) is 7.31. The van der Waals surface area contributed by atoms with Crippen LogP contribution in [0.1, 0.15) is 29.9 Å². The van der Waals surface area contributed by atoms with Gasteiger partial charge in [-0.3, -0.25) is 0 Å². The number of aliphatic hydroxyl groups excluding tert-OH is 3. The highest BCUT2D eigenvalue weighted by atomic mass is 16.3. The van der Waals surface area contributed by atoms with Crippen LogP contribution in [0.2, 0.25) is 0 Å². The van der Waals surface area contributed by atoms with Crippen molar-refractivity contribution in [3.8, 4) is 0 Å². The molecule has 0 fully saturated rings. The molecule has 0 aliphatic heterocycles. The molecule has 0 bridgehead atoms. The molecule has 1 atom stereocenters. The second kappa shape index (κ2) is 6.56. The van der Waals surface area contributed by atoms with Crippen LogP contribution in [0.3, 0.4) is 0 Å². The van der Waals surface area contributed by atoms with Gasteiger partial charge in [0.1, 0.15) is 0 Å². The second-order valence-corrected chi connectivity index (χ2v) is 3.65. The third-order valence-corrected chi connectivity index (χ3v) is 2.54. The SMILES string of the molecule is OCCCC(CO)c1cccc(CO)c1. The van der Waals surface area contributed by atoms with Crippen LogP contribution in [-0.2, 0) is 6.61 Å². The van der Waals surface area contributed by atoms with Crippen molar-refractivity contribution < 1.29 is 15.3 Å². The molecular weight excluding hydrogens is 192 g/mol. The summed E-state index contributed by atoms with van der Waals surface area (Å²) in [4.78, 5) is 0. The van der Waals surface area contributed by atoms with E-state index in [1.54, 1.807) is 0 Å². The Morgan fingerprint density at radius 2 is 1.93 bits per heavy atom. The molecular formula is C12H18O3. The average molecular weight is 210 g/mol. The van der Waals surface area contributed by atoms with Gasteiger partial charge in [-0.2, -0.15) is 0 Å². The van der Waals surface area contributed by atoms with E-state index in [-0.39, 0.29) is 25.7 Å². The molecule has 0 heterocycles. The van der Waals surface area contributed by atoms with Crippen LogP contribution in [0.15, 0.2) is 24.3 Å². The third-order valence-electron chi connectivity index (χ3n) is 2.54. The van der Waals surface area contributed by atoms with Crippen molar-refractivity contribution in [1.29, 1.82) is 0 Å². The summed E-state index contributed by atoms with van der Waals surface area (Å²) < 4.78 is 0. The van der Waals surface area contributed by atoms with Gasteiger partial charge in [-0.15, -0.1) is 0 Å². The van der Waals surface area contributed by atoms with Crippen molar-refractivity contribution in [2.24, 2.45) is 0 Å². The summed E-state index contributed by atoms with van der Waals surface area (Å²) in [6, 6.07) is 7.57. The summed E-state index contributed by atoms with van der Waals surface area (Å²) in [5.74, 6) is 0.0589. The van der Waals surface area contributed by atoms with Crippen molar-refractivity contribution >= 4 is 0 Å². The van der Waals surface area contributed by atoms with Crippen molar-refractivity contribution in [1.82, 2.24) is 0 Å². The lowest BCUT2D eigenvalue weighted by molar-refractivity contribution is 0.236. The van der Waals surface area contributed by atoms with E-state index in [1.807, 2.05) is 24.3 Å². The summed E-state index contributed by atoms with van der Waals surface area (Å²) in [5.41, 5.74) is 1.88. The zero-order valence-electron chi connectivity index (χ0n) is 8.76. The van der Waals surface area contributed by atoms with Gasteiger partial charge in [-0.1, -0.05) is 24.3 Å². The molecule has 0 spiro atoms. The lowest BCUT2D eigenvalue weighted by Gasteiger charge is -2.14. The van der Waals surface area contributed by atoms with E-state index in [9.17, 15) is 5.11 Å². The molecule has 3 heteroatoms. The molecule has 1 unspecified atom stereocenters. The van der Waals surface area contributed by atoms with E-state index in [2.05, 4.69) is 0 Å². The van der Waals surface area contributed by atoms with Crippen LogP contribution in [0, 0.1) is 0 Å². The molecule has 0 aromatic heterocycles. The highest BCUT2D eigenvalue weighted by Crippen LogP contribution is 2.21. The van der Waals surface area contributed by atoms with Gasteiger partial charge in [-0.05, 0) is 24.0 Å². The Bertz CT molecular complexity index is 286. The minimum Gasteiger partial charge on any atom is -0.396 e. The predicted octanol–water partition coefficient (Wildman–Crippen LogP) is 1.03. The molecule has 0 amide bonds. The molecule has 0 aliphatic rings. The van der Waals surface area contributed by atoms with E-state index in [1.165, 1.54) is 0 Å². The highest BCUT2D eigenvalue weighted by molar-refractivity contribution is 5.26. The fourth-order valence-corrected chi connectivity index (χ4v) is 1.65. The fraction of sp³-hybridized carbons (Fsp3) is 0.500. The van der Waals surface area contributed by atoms with Gasteiger partial charge in [0.15, 0.2) is 0 Å². The molecule has 0 saturated carbocycles. The first-order valence-corrected chi connectivity index (χ1v) is 5.23. The van der Waals surface area contributed by atoms with Crippen LogP contribution in [0.5, 0.6) is 0 Å². The van der Waals surface area contributed by atoms with E-state index in [0.717, 1.165) is 17.5 Å². The average Bonchev–Trinajstić information content (AvgIpc) is 2.30. The molecule has 1 aromatic carbocycles. The van der Waals surface area contributed by atoms with Gasteiger partial charge < -0.3 is 15.3 Å². The standard InChI is InChI=1S/C12H18O3/c13-6-2-5-12(9-15)11-4-1-3-10(7-11)8-14/h1,3-4,7,12-15H,2,5-6,8-9H2. The van der Waals surface area contributed by atoms with E-state index in [0.29, 0.717) is 6.42 Å². The summed E-state index contributed by atoms with van der Waals surface area (Å²) in [6.07, 6.45) is 1.45. The Balaban J connectivity index is 2.72. The maximum atomic E-state index is 9.23. The Hall–Kier alpha value is -0.900. The van der Waals surface area contributed by atoms with Gasteiger partial charge in [-0.25, -0.2) is 0 Å². The maximum absolute atomic E-state index is 9.23. The van der Waals surface area contributed by atoms with Gasteiger partial charge in [0.25, 0.3) is 0 Å². The third kappa shape index (κ3) is 3.63. The smallest absolute Gasteiger partial charge is 0.0681 e. The van der Waals surface area contributed by atoms with Crippen molar-refractivity contribution in [3.05, 3.63) is 35.4 Å². The first kappa shape index (κ1) is 12.2. The molecule has 0 radical (unpaired) electrons. The van der Waals surface area contributed by atoms with Gasteiger partial charge in [0, 0.05) is 19.1 Å². The van der Waals surface area contributed by atoms with Gasteiger partial charge in [0.05, 0.1) is 6.61 Å². The number of benzene rings is 1. The van der Waals surface area contributed by atoms with Crippen molar-refractivity contribution in [2.45, 2.75) is 25.4 Å². The molecule has 84 valence electrons. The predicted molar refractivity (Wildman–Crippen MR) is 58.5 cm³/mol. The maximum Gasteiger partial charge on any atom is 0.0681 e. The van der Waals surface area contributed by atoms with Crippen LogP contribution in [0.25, 0.3) is 0 Å². The number of rotatable bonds is 6. The molecule has 1 rings (SSSR count). The minimum absolute atomic E-state index is 0.0198. The monoisotopic (exact) mass is 210 g/mol. The number of hydrogen-bond acceptors (Lipinski definition) is 3. The Labute approximate surface area is 90.0 Å². The van der Waals surface area contributed by atoms with Crippen LogP contribution in [-0.4, -0.2) is 28.5 Å². The lowest BCUT2D eigenvalue weighted by atomic mass is 9.94. The van der Waals surface area contributed by atoms with Gasteiger partial charge in [0.2, 0.25) is 0 Å². The normalized spacial score (nSPS) is 12.7. The first-order valence-electron chi connectivity index (χ1n) is 5.23. The van der Waals surface area contributed by atoms with E-state index in [4.69, 9.17) is 10.2 Å². The van der Waals surface area contributed by atoms with E-state index >= 15 is 0 Å². The number of aliphatic hydroxyl groups is 3. The largest absolute Gasteiger partial charge is 0.396 e. The Morgan fingerprint density at radius 1 is 1.13 bits per heavy atom. The summed E-state index contributed by atoms with van der Waals surface area (Å²) in [5, 5.41) is 27.0. The van der Waals surface area contributed by atoms with Gasteiger partial charge >= 0.3 is 0 Å². The Kier molecular flexibility index (Phi) is 5.32. The lowest BCUT2D eigenvalue weighted by Crippen LogP contribution is -2.05. The van der Waals surface area contributed by atoms with Crippen LogP contribution >= 0.6 is 0 Å². The second-order valence-electron chi connectivity index (χ2n) is 3.65. The molecule has 1 aromatic rings. The van der Waals surface area contributed by atoms with Crippen LogP contribution < -0.4 is 0 Å². The fourth-order valence-electron chi connectivity index (χ4n) is 1.65. The van der Waals surface area contributed by atoms with E-state index < -0.39 is 0 Å². The number of hydrogen-bond donors (Lipinski definition) is 3. The minimum atomic E-state index is 0.0198. The molecule has 3 nitrogen and oxygen atoms in total. The van der Waals surface area contributed by atoms with Crippen molar-refractivity contribution in [3.63, 3.8) is 0 Å². The zero-order valence-corrected chi connectivity index (χ0v) is 8.76. The zero-order chi connectivity index (χ0) is 11.1. The molecule has 0 aliphatic carbocycles. The summed E-state index contributed by atoms with van der Waals surface area (Å²) >= 11 is 0. The van der Waals surface area contributed by atoms with Crippen molar-refractivity contribution in [2.75, 3.05) is 13.2 Å². The summed E-state index contributed by atoms with van der Waals surface area (Å²) in [6.45, 7) is 0.247.